The van der Waals surface area contributed by atoms with Gasteiger partial charge in [0.25, 0.3) is 0 Å². The van der Waals surface area contributed by atoms with Crippen molar-refractivity contribution in [3.63, 3.8) is 0 Å². The van der Waals surface area contributed by atoms with E-state index in [9.17, 15) is 0 Å². The van der Waals surface area contributed by atoms with Crippen molar-refractivity contribution in [2.45, 2.75) is 12.8 Å². The molecule has 5 aromatic rings. The van der Waals surface area contributed by atoms with E-state index in [4.69, 9.17) is 9.72 Å². The van der Waals surface area contributed by atoms with Gasteiger partial charge in [-0.25, -0.2) is 13.9 Å². The SMILES string of the molecule is CC(c1cc2cc(N3CCOCC3)cnc2cc1F)c1cnn2ccc(-c3cnn(C)c3)nc12. The van der Waals surface area contributed by atoms with Gasteiger partial charge in [0.2, 0.25) is 0 Å². The van der Waals surface area contributed by atoms with Crippen LogP contribution in [0.15, 0.2) is 55.2 Å². The summed E-state index contributed by atoms with van der Waals surface area (Å²) in [4.78, 5) is 11.6. The van der Waals surface area contributed by atoms with Gasteiger partial charge in [-0.2, -0.15) is 10.2 Å². The number of ether oxygens (including phenoxy) is 1. The smallest absolute Gasteiger partial charge is 0.159 e. The Kier molecular flexibility index (Phi) is 4.99. The molecule has 0 amide bonds. The van der Waals surface area contributed by atoms with Crippen molar-refractivity contribution in [3.8, 4) is 11.3 Å². The Morgan fingerprint density at radius 1 is 1.03 bits per heavy atom. The van der Waals surface area contributed by atoms with Crippen LogP contribution >= 0.6 is 0 Å². The standard InChI is InChI=1S/C25H24FN7O/c1-16(21-14-29-33-4-3-23(30-25(21)33)18-12-28-31(2)15-18)20-10-17-9-19(32-5-7-34-8-6-32)13-27-24(17)11-22(20)26/h3-4,9-16H,5-8H2,1-2H3. The number of halogens is 1. The van der Waals surface area contributed by atoms with E-state index in [1.54, 1.807) is 21.6 Å². The van der Waals surface area contributed by atoms with Crippen LogP contribution in [0.1, 0.15) is 24.0 Å². The zero-order chi connectivity index (χ0) is 23.2. The van der Waals surface area contributed by atoms with Crippen LogP contribution in [0.5, 0.6) is 0 Å². The van der Waals surface area contributed by atoms with E-state index in [-0.39, 0.29) is 11.7 Å². The monoisotopic (exact) mass is 457 g/mol. The summed E-state index contributed by atoms with van der Waals surface area (Å²) in [6.07, 6.45) is 9.15. The molecule has 0 bridgehead atoms. The minimum Gasteiger partial charge on any atom is -0.378 e. The summed E-state index contributed by atoms with van der Waals surface area (Å²) in [5, 5.41) is 9.60. The molecule has 8 nitrogen and oxygen atoms in total. The summed E-state index contributed by atoms with van der Waals surface area (Å²) in [6, 6.07) is 7.41. The van der Waals surface area contributed by atoms with Crippen molar-refractivity contribution in [1.82, 2.24) is 29.4 Å². The Morgan fingerprint density at radius 2 is 1.88 bits per heavy atom. The van der Waals surface area contributed by atoms with Crippen molar-refractivity contribution >= 4 is 22.2 Å². The largest absolute Gasteiger partial charge is 0.378 e. The van der Waals surface area contributed by atoms with E-state index in [0.29, 0.717) is 29.9 Å². The van der Waals surface area contributed by atoms with Crippen LogP contribution in [0.3, 0.4) is 0 Å². The van der Waals surface area contributed by atoms with Crippen molar-refractivity contribution in [3.05, 3.63) is 72.2 Å². The van der Waals surface area contributed by atoms with E-state index < -0.39 is 0 Å². The number of nitrogens with zero attached hydrogens (tertiary/aromatic N) is 7. The number of benzene rings is 1. The second-order valence-corrected chi connectivity index (χ2v) is 8.66. The van der Waals surface area contributed by atoms with E-state index in [1.165, 1.54) is 6.07 Å². The minimum atomic E-state index is -0.283. The van der Waals surface area contributed by atoms with Gasteiger partial charge >= 0.3 is 0 Å². The molecule has 1 saturated heterocycles. The Hall–Kier alpha value is -3.85. The summed E-state index contributed by atoms with van der Waals surface area (Å²) in [5.41, 5.74) is 5.55. The lowest BCUT2D eigenvalue weighted by molar-refractivity contribution is 0.122. The predicted octanol–water partition coefficient (Wildman–Crippen LogP) is 3.81. The van der Waals surface area contributed by atoms with Crippen LogP contribution in [-0.4, -0.2) is 55.7 Å². The summed E-state index contributed by atoms with van der Waals surface area (Å²) >= 11 is 0. The second kappa shape index (κ2) is 8.18. The summed E-state index contributed by atoms with van der Waals surface area (Å²) in [5.74, 6) is -0.528. The maximum atomic E-state index is 15.2. The number of morpholine rings is 1. The van der Waals surface area contributed by atoms with Crippen LogP contribution in [-0.2, 0) is 11.8 Å². The first kappa shape index (κ1) is 20.7. The number of fused-ring (bicyclic) bond motifs is 2. The number of hydrogen-bond acceptors (Lipinski definition) is 6. The molecule has 1 aliphatic heterocycles. The van der Waals surface area contributed by atoms with Gasteiger partial charge in [0.05, 0.1) is 48.7 Å². The van der Waals surface area contributed by atoms with E-state index >= 15 is 4.39 Å². The molecule has 5 heterocycles. The Morgan fingerprint density at radius 3 is 2.68 bits per heavy atom. The topological polar surface area (TPSA) is 73.4 Å². The third-order valence-electron chi connectivity index (χ3n) is 6.49. The highest BCUT2D eigenvalue weighted by atomic mass is 19.1. The summed E-state index contributed by atoms with van der Waals surface area (Å²) in [7, 11) is 1.87. The lowest BCUT2D eigenvalue weighted by Crippen LogP contribution is -2.36. The third kappa shape index (κ3) is 3.58. The minimum absolute atomic E-state index is 0.245. The van der Waals surface area contributed by atoms with Crippen LogP contribution in [0.25, 0.3) is 27.8 Å². The van der Waals surface area contributed by atoms with Gasteiger partial charge < -0.3 is 9.64 Å². The molecule has 1 fully saturated rings. The molecule has 6 rings (SSSR count). The molecular weight excluding hydrogens is 433 g/mol. The molecule has 34 heavy (non-hydrogen) atoms. The Bertz CT molecular complexity index is 1500. The first-order valence-corrected chi connectivity index (χ1v) is 11.3. The number of anilines is 1. The van der Waals surface area contributed by atoms with Crippen LogP contribution < -0.4 is 4.90 Å². The van der Waals surface area contributed by atoms with Crippen molar-refractivity contribution in [1.29, 1.82) is 0 Å². The first-order chi connectivity index (χ1) is 16.6. The number of aromatic nitrogens is 6. The fraction of sp³-hybridized carbons (Fsp3) is 0.280. The maximum absolute atomic E-state index is 15.2. The fourth-order valence-electron chi connectivity index (χ4n) is 4.56. The molecule has 0 aliphatic carbocycles. The summed E-state index contributed by atoms with van der Waals surface area (Å²) in [6.45, 7) is 5.04. The summed E-state index contributed by atoms with van der Waals surface area (Å²) < 4.78 is 24.2. The highest BCUT2D eigenvalue weighted by molar-refractivity contribution is 5.83. The highest BCUT2D eigenvalue weighted by Crippen LogP contribution is 2.32. The van der Waals surface area contributed by atoms with Gasteiger partial charge in [-0.15, -0.1) is 0 Å². The van der Waals surface area contributed by atoms with Gasteiger partial charge in [-0.3, -0.25) is 9.67 Å². The molecule has 1 aliphatic rings. The van der Waals surface area contributed by atoms with Crippen molar-refractivity contribution < 1.29 is 9.13 Å². The average molecular weight is 458 g/mol. The van der Waals surface area contributed by atoms with Crippen LogP contribution in [0, 0.1) is 5.82 Å². The fourth-order valence-corrected chi connectivity index (χ4v) is 4.56. The van der Waals surface area contributed by atoms with Crippen LogP contribution in [0.2, 0.25) is 0 Å². The molecule has 0 saturated carbocycles. The molecule has 1 atom stereocenters. The predicted molar refractivity (Wildman–Crippen MR) is 127 cm³/mol. The van der Waals surface area contributed by atoms with E-state index in [2.05, 4.69) is 26.1 Å². The van der Waals surface area contributed by atoms with Gasteiger partial charge in [0.15, 0.2) is 5.65 Å². The molecule has 9 heteroatoms. The lowest BCUT2D eigenvalue weighted by atomic mass is 9.93. The zero-order valence-electron chi connectivity index (χ0n) is 19.0. The van der Waals surface area contributed by atoms with Crippen LogP contribution in [0.4, 0.5) is 10.1 Å². The first-order valence-electron chi connectivity index (χ1n) is 11.3. The average Bonchev–Trinajstić information content (AvgIpc) is 3.49. The van der Waals surface area contributed by atoms with E-state index in [0.717, 1.165) is 41.0 Å². The molecule has 0 spiro atoms. The molecule has 172 valence electrons. The third-order valence-corrected chi connectivity index (χ3v) is 6.49. The number of rotatable bonds is 4. The lowest BCUT2D eigenvalue weighted by Gasteiger charge is -2.28. The quantitative estimate of drug-likeness (QED) is 0.409. The molecule has 1 unspecified atom stereocenters. The Labute approximate surface area is 195 Å². The van der Waals surface area contributed by atoms with Gasteiger partial charge in [-0.05, 0) is 23.8 Å². The number of aryl methyl sites for hydroxylation is 1. The molecular formula is C25H24FN7O. The molecule has 4 aromatic heterocycles. The Balaban J connectivity index is 1.40. The maximum Gasteiger partial charge on any atom is 0.159 e. The van der Waals surface area contributed by atoms with Gasteiger partial charge in [0.1, 0.15) is 5.82 Å². The molecule has 0 N–H and O–H groups in total. The zero-order valence-corrected chi connectivity index (χ0v) is 19.0. The number of pyridine rings is 1. The normalized spacial score (nSPS) is 15.3. The van der Waals surface area contributed by atoms with Gasteiger partial charge in [-0.1, -0.05) is 6.92 Å². The second-order valence-electron chi connectivity index (χ2n) is 8.66. The van der Waals surface area contributed by atoms with Gasteiger partial charge in [0, 0.05) is 61.0 Å². The molecule has 0 radical (unpaired) electrons. The number of hydrogen-bond donors (Lipinski definition) is 0. The van der Waals surface area contributed by atoms with Crippen molar-refractivity contribution in [2.75, 3.05) is 31.2 Å². The van der Waals surface area contributed by atoms with E-state index in [1.807, 2.05) is 44.7 Å². The molecule has 1 aromatic carbocycles. The highest BCUT2D eigenvalue weighted by Gasteiger charge is 2.21. The van der Waals surface area contributed by atoms with Crippen molar-refractivity contribution in [2.24, 2.45) is 7.05 Å².